The van der Waals surface area contributed by atoms with Crippen molar-refractivity contribution in [2.75, 3.05) is 20.1 Å². The van der Waals surface area contributed by atoms with Crippen LogP contribution in [-0.4, -0.2) is 53.9 Å². The Morgan fingerprint density at radius 2 is 2.11 bits per heavy atom. The molecule has 1 aromatic carbocycles. The lowest BCUT2D eigenvalue weighted by Gasteiger charge is -2.34. The van der Waals surface area contributed by atoms with E-state index in [1.54, 1.807) is 54.5 Å². The monoisotopic (exact) mass is 407 g/mol. The number of hydrogen-bond acceptors (Lipinski definition) is 4. The summed E-state index contributed by atoms with van der Waals surface area (Å²) in [6, 6.07) is 12.1. The highest BCUT2D eigenvalue weighted by Gasteiger charge is 2.35. The average molecular weight is 408 g/mol. The van der Waals surface area contributed by atoms with Gasteiger partial charge in [-0.05, 0) is 43.2 Å². The Bertz CT molecular complexity index is 905. The van der Waals surface area contributed by atoms with E-state index >= 15 is 0 Å². The maximum atomic E-state index is 13.0. The van der Waals surface area contributed by atoms with Gasteiger partial charge >= 0.3 is 0 Å². The van der Waals surface area contributed by atoms with Crippen LogP contribution in [0.25, 0.3) is 0 Å². The molecular weight excluding hydrogens is 386 g/mol. The number of carbonyl (C=O) groups excluding carboxylic acids is 1. The number of piperidine rings is 1. The molecular formula is C19H22ClN3O3S. The molecule has 2 heterocycles. The lowest BCUT2D eigenvalue weighted by Crippen LogP contribution is -2.48. The van der Waals surface area contributed by atoms with Crippen molar-refractivity contribution in [2.45, 2.75) is 24.6 Å². The number of carbonyl (C=O) groups is 1. The Balaban J connectivity index is 1.71. The second-order valence-corrected chi connectivity index (χ2v) is 9.40. The molecule has 1 atom stereocenters. The molecule has 0 unspecified atom stereocenters. The maximum Gasteiger partial charge on any atom is 0.253 e. The van der Waals surface area contributed by atoms with Gasteiger partial charge in [-0.15, -0.1) is 0 Å². The number of rotatable bonds is 5. The smallest absolute Gasteiger partial charge is 0.253 e. The van der Waals surface area contributed by atoms with Crippen molar-refractivity contribution < 1.29 is 13.2 Å². The first kappa shape index (κ1) is 19.8. The second kappa shape index (κ2) is 8.37. The summed E-state index contributed by atoms with van der Waals surface area (Å²) in [4.78, 5) is 18.5. The first-order chi connectivity index (χ1) is 12.9. The SMILES string of the molecule is CN(Cc1ccccn1)S(=O)(=O)[C@H]1CCCN(C(=O)c2cccc(Cl)c2)C1. The van der Waals surface area contributed by atoms with Crippen molar-refractivity contribution in [2.24, 2.45) is 0 Å². The third kappa shape index (κ3) is 4.66. The number of hydrogen-bond donors (Lipinski definition) is 0. The molecule has 0 bridgehead atoms. The van der Waals surface area contributed by atoms with Crippen LogP contribution in [-0.2, 0) is 16.6 Å². The Morgan fingerprint density at radius 1 is 1.30 bits per heavy atom. The van der Waals surface area contributed by atoms with Gasteiger partial charge in [-0.2, -0.15) is 4.31 Å². The van der Waals surface area contributed by atoms with Crippen LogP contribution in [0.1, 0.15) is 28.9 Å². The predicted octanol–water partition coefficient (Wildman–Crippen LogP) is 2.80. The molecule has 3 rings (SSSR count). The molecule has 0 aliphatic carbocycles. The zero-order valence-corrected chi connectivity index (χ0v) is 16.7. The fourth-order valence-electron chi connectivity index (χ4n) is 3.23. The quantitative estimate of drug-likeness (QED) is 0.764. The second-order valence-electron chi connectivity index (χ2n) is 6.65. The van der Waals surface area contributed by atoms with Crippen molar-refractivity contribution >= 4 is 27.5 Å². The number of nitrogens with zero attached hydrogens (tertiary/aromatic N) is 3. The lowest BCUT2D eigenvalue weighted by atomic mass is 10.1. The van der Waals surface area contributed by atoms with Gasteiger partial charge in [-0.3, -0.25) is 9.78 Å². The molecule has 1 fully saturated rings. The minimum absolute atomic E-state index is 0.181. The summed E-state index contributed by atoms with van der Waals surface area (Å²) in [6.07, 6.45) is 2.82. The third-order valence-electron chi connectivity index (χ3n) is 4.70. The van der Waals surface area contributed by atoms with E-state index in [9.17, 15) is 13.2 Å². The molecule has 1 amide bonds. The molecule has 2 aromatic rings. The van der Waals surface area contributed by atoms with Crippen molar-refractivity contribution in [3.63, 3.8) is 0 Å². The molecule has 6 nitrogen and oxygen atoms in total. The maximum absolute atomic E-state index is 13.0. The van der Waals surface area contributed by atoms with Crippen LogP contribution in [0.3, 0.4) is 0 Å². The van der Waals surface area contributed by atoms with Gasteiger partial charge < -0.3 is 4.90 Å². The Kier molecular flexibility index (Phi) is 6.14. The molecule has 0 N–H and O–H groups in total. The van der Waals surface area contributed by atoms with Gasteiger partial charge in [0.25, 0.3) is 5.91 Å². The molecule has 8 heteroatoms. The number of likely N-dealkylation sites (tertiary alicyclic amines) is 1. The van der Waals surface area contributed by atoms with E-state index < -0.39 is 15.3 Å². The van der Waals surface area contributed by atoms with Crippen molar-refractivity contribution in [1.82, 2.24) is 14.2 Å². The van der Waals surface area contributed by atoms with Gasteiger partial charge in [-0.1, -0.05) is 23.7 Å². The van der Waals surface area contributed by atoms with E-state index in [0.29, 0.717) is 35.7 Å². The van der Waals surface area contributed by atoms with E-state index in [1.807, 2.05) is 6.07 Å². The number of sulfonamides is 1. The van der Waals surface area contributed by atoms with E-state index in [-0.39, 0.29) is 19.0 Å². The first-order valence-corrected chi connectivity index (χ1v) is 10.7. The summed E-state index contributed by atoms with van der Waals surface area (Å²) < 4.78 is 27.3. The molecule has 0 radical (unpaired) electrons. The molecule has 1 saturated heterocycles. The van der Waals surface area contributed by atoms with E-state index in [2.05, 4.69) is 4.98 Å². The largest absolute Gasteiger partial charge is 0.337 e. The number of benzene rings is 1. The van der Waals surface area contributed by atoms with E-state index in [1.165, 1.54) is 4.31 Å². The summed E-state index contributed by atoms with van der Waals surface area (Å²) in [5.41, 5.74) is 1.16. The number of pyridine rings is 1. The standard InChI is InChI=1S/C19H22ClN3O3S/c1-22(13-17-8-2-3-10-21-17)27(25,26)18-9-5-11-23(14-18)19(24)15-6-4-7-16(20)12-15/h2-4,6-8,10,12,18H,5,9,11,13-14H2,1H3/t18-/m0/s1. The summed E-state index contributed by atoms with van der Waals surface area (Å²) >= 11 is 5.97. The van der Waals surface area contributed by atoms with Gasteiger partial charge in [-0.25, -0.2) is 8.42 Å². The van der Waals surface area contributed by atoms with E-state index in [4.69, 9.17) is 11.6 Å². The number of amides is 1. The van der Waals surface area contributed by atoms with Crippen LogP contribution in [0.4, 0.5) is 0 Å². The van der Waals surface area contributed by atoms with Gasteiger partial charge in [0.1, 0.15) is 0 Å². The predicted molar refractivity (Wildman–Crippen MR) is 105 cm³/mol. The summed E-state index contributed by atoms with van der Waals surface area (Å²) in [5.74, 6) is -0.190. The Hall–Kier alpha value is -1.96. The summed E-state index contributed by atoms with van der Waals surface area (Å²) in [7, 11) is -1.99. The van der Waals surface area contributed by atoms with Crippen LogP contribution >= 0.6 is 11.6 Å². The molecule has 0 saturated carbocycles. The highest BCUT2D eigenvalue weighted by Crippen LogP contribution is 2.23. The summed E-state index contributed by atoms with van der Waals surface area (Å²) in [5, 5.41) is -0.139. The number of aromatic nitrogens is 1. The number of halogens is 1. The lowest BCUT2D eigenvalue weighted by molar-refractivity contribution is 0.0725. The molecule has 1 aromatic heterocycles. The van der Waals surface area contributed by atoms with Crippen LogP contribution < -0.4 is 0 Å². The van der Waals surface area contributed by atoms with Crippen LogP contribution in [0, 0.1) is 0 Å². The van der Waals surface area contributed by atoms with Crippen molar-refractivity contribution in [3.8, 4) is 0 Å². The Labute approximate surface area is 164 Å². The van der Waals surface area contributed by atoms with Gasteiger partial charge in [0, 0.05) is 36.9 Å². The minimum Gasteiger partial charge on any atom is -0.337 e. The minimum atomic E-state index is -3.54. The van der Waals surface area contributed by atoms with Crippen molar-refractivity contribution in [3.05, 3.63) is 64.9 Å². The van der Waals surface area contributed by atoms with Gasteiger partial charge in [0.2, 0.25) is 10.0 Å². The van der Waals surface area contributed by atoms with Crippen molar-refractivity contribution in [1.29, 1.82) is 0 Å². The molecule has 144 valence electrons. The zero-order chi connectivity index (χ0) is 19.4. The normalized spacial score (nSPS) is 17.9. The van der Waals surface area contributed by atoms with Gasteiger partial charge in [0.15, 0.2) is 0 Å². The van der Waals surface area contributed by atoms with E-state index in [0.717, 1.165) is 0 Å². The topological polar surface area (TPSA) is 70.6 Å². The highest BCUT2D eigenvalue weighted by molar-refractivity contribution is 7.89. The third-order valence-corrected chi connectivity index (χ3v) is 7.16. The fourth-order valence-corrected chi connectivity index (χ4v) is 5.08. The van der Waals surface area contributed by atoms with Crippen LogP contribution in [0.15, 0.2) is 48.7 Å². The first-order valence-electron chi connectivity index (χ1n) is 8.78. The molecule has 1 aliphatic heterocycles. The fraction of sp³-hybridized carbons (Fsp3) is 0.368. The average Bonchev–Trinajstić information content (AvgIpc) is 2.68. The van der Waals surface area contributed by atoms with Crippen LogP contribution in [0.2, 0.25) is 5.02 Å². The summed E-state index contributed by atoms with van der Waals surface area (Å²) in [6.45, 7) is 0.934. The molecule has 0 spiro atoms. The highest BCUT2D eigenvalue weighted by atomic mass is 35.5. The van der Waals surface area contributed by atoms with Gasteiger partial charge in [0.05, 0.1) is 17.5 Å². The Morgan fingerprint density at radius 3 is 2.81 bits per heavy atom. The molecule has 27 heavy (non-hydrogen) atoms. The van der Waals surface area contributed by atoms with Crippen LogP contribution in [0.5, 0.6) is 0 Å². The molecule has 1 aliphatic rings. The zero-order valence-electron chi connectivity index (χ0n) is 15.1.